The number of nitro groups is 1. The van der Waals surface area contributed by atoms with Crippen molar-refractivity contribution in [2.75, 3.05) is 26.2 Å². The van der Waals surface area contributed by atoms with Crippen molar-refractivity contribution < 1.29 is 19.2 Å². The Labute approximate surface area is 164 Å². The van der Waals surface area contributed by atoms with Gasteiger partial charge < -0.3 is 14.4 Å². The Bertz CT molecular complexity index is 1010. The van der Waals surface area contributed by atoms with E-state index in [1.807, 2.05) is 5.38 Å². The number of hydrogen-bond donors (Lipinski definition) is 0. The van der Waals surface area contributed by atoms with Crippen LogP contribution in [0.1, 0.15) is 10.5 Å². The summed E-state index contributed by atoms with van der Waals surface area (Å²) in [6.07, 6.45) is 0. The number of aromatic nitrogens is 2. The van der Waals surface area contributed by atoms with E-state index in [0.29, 0.717) is 16.3 Å². The molecule has 0 saturated heterocycles. The molecule has 2 heterocycles. The first-order valence-electron chi connectivity index (χ1n) is 8.02. The van der Waals surface area contributed by atoms with E-state index in [9.17, 15) is 14.9 Å². The lowest BCUT2D eigenvalue weighted by atomic mass is 10.2. The number of anilines is 2. The molecule has 0 saturated carbocycles. The molecule has 3 rings (SSSR count). The van der Waals surface area contributed by atoms with Crippen molar-refractivity contribution in [2.45, 2.75) is 0 Å². The molecular formula is C18H16N4O5S. The highest BCUT2D eigenvalue weighted by Gasteiger charge is 2.32. The number of rotatable bonds is 6. The van der Waals surface area contributed by atoms with Crippen molar-refractivity contribution >= 4 is 34.5 Å². The van der Waals surface area contributed by atoms with Gasteiger partial charge in [-0.15, -0.1) is 11.3 Å². The van der Waals surface area contributed by atoms with Gasteiger partial charge in [-0.3, -0.25) is 10.1 Å². The second-order valence-electron chi connectivity index (χ2n) is 5.55. The van der Waals surface area contributed by atoms with Gasteiger partial charge in [-0.05, 0) is 35.7 Å². The number of carbonyl (C=O) groups excluding carboxylic acids is 1. The fourth-order valence-corrected chi connectivity index (χ4v) is 3.19. The summed E-state index contributed by atoms with van der Waals surface area (Å²) in [5.74, 6) is -0.0783. The van der Waals surface area contributed by atoms with E-state index in [-0.39, 0.29) is 11.6 Å². The summed E-state index contributed by atoms with van der Waals surface area (Å²) < 4.78 is 9.84. The van der Waals surface area contributed by atoms with E-state index in [0.717, 1.165) is 7.11 Å². The van der Waals surface area contributed by atoms with E-state index in [1.165, 1.54) is 16.2 Å². The third-order valence-corrected chi connectivity index (χ3v) is 4.81. The topological polar surface area (TPSA) is 108 Å². The predicted molar refractivity (Wildman–Crippen MR) is 104 cm³/mol. The standard InChI is InChI=1S/C18H16N4O5S/c1-21(11-6-8-12(26-2)9-7-11)17-15(22(24)25)14(18(23)27-3)19-16(20-17)13-5-4-10-28-13/h4-10H,1-3H3. The lowest BCUT2D eigenvalue weighted by Gasteiger charge is -2.19. The predicted octanol–water partition coefficient (Wildman–Crippen LogP) is 3.68. The minimum atomic E-state index is -0.906. The van der Waals surface area contributed by atoms with Crippen LogP contribution in [0.5, 0.6) is 5.75 Å². The van der Waals surface area contributed by atoms with Crippen LogP contribution < -0.4 is 9.64 Å². The lowest BCUT2D eigenvalue weighted by molar-refractivity contribution is -0.384. The monoisotopic (exact) mass is 400 g/mol. The number of hydrogen-bond acceptors (Lipinski definition) is 9. The second kappa shape index (κ2) is 8.01. The quantitative estimate of drug-likeness (QED) is 0.350. The Hall–Kier alpha value is -3.53. The zero-order chi connectivity index (χ0) is 20.3. The average Bonchev–Trinajstić information content (AvgIpc) is 3.26. The van der Waals surface area contributed by atoms with Crippen LogP contribution in [0.4, 0.5) is 17.2 Å². The first kappa shape index (κ1) is 19.2. The van der Waals surface area contributed by atoms with Crippen molar-refractivity contribution in [3.8, 4) is 16.5 Å². The average molecular weight is 400 g/mol. The molecule has 1 aromatic carbocycles. The first-order chi connectivity index (χ1) is 13.5. The maximum Gasteiger partial charge on any atom is 0.364 e. The summed E-state index contributed by atoms with van der Waals surface area (Å²) in [4.78, 5) is 34.0. The van der Waals surface area contributed by atoms with E-state index < -0.39 is 22.3 Å². The summed E-state index contributed by atoms with van der Waals surface area (Å²) >= 11 is 1.36. The third kappa shape index (κ3) is 3.62. The van der Waals surface area contributed by atoms with Crippen molar-refractivity contribution in [2.24, 2.45) is 0 Å². The van der Waals surface area contributed by atoms with Crippen molar-refractivity contribution in [3.63, 3.8) is 0 Å². The molecule has 0 bridgehead atoms. The minimum Gasteiger partial charge on any atom is -0.497 e. The van der Waals surface area contributed by atoms with Gasteiger partial charge in [-0.25, -0.2) is 14.8 Å². The third-order valence-electron chi connectivity index (χ3n) is 3.95. The first-order valence-corrected chi connectivity index (χ1v) is 8.90. The molecule has 0 amide bonds. The maximum atomic E-state index is 12.2. The van der Waals surface area contributed by atoms with Gasteiger partial charge in [0.2, 0.25) is 11.5 Å². The highest BCUT2D eigenvalue weighted by molar-refractivity contribution is 7.13. The van der Waals surface area contributed by atoms with E-state index in [1.54, 1.807) is 50.6 Å². The van der Waals surface area contributed by atoms with Crippen LogP contribution in [0.3, 0.4) is 0 Å². The van der Waals surface area contributed by atoms with Gasteiger partial charge in [0, 0.05) is 12.7 Å². The van der Waals surface area contributed by atoms with Gasteiger partial charge in [0.15, 0.2) is 5.82 Å². The van der Waals surface area contributed by atoms with Crippen LogP contribution >= 0.6 is 11.3 Å². The van der Waals surface area contributed by atoms with Crippen LogP contribution in [0, 0.1) is 10.1 Å². The normalized spacial score (nSPS) is 10.4. The molecule has 0 atom stereocenters. The van der Waals surface area contributed by atoms with E-state index >= 15 is 0 Å². The highest BCUT2D eigenvalue weighted by Crippen LogP contribution is 2.36. The van der Waals surface area contributed by atoms with Crippen molar-refractivity contribution in [1.29, 1.82) is 0 Å². The largest absolute Gasteiger partial charge is 0.497 e. The van der Waals surface area contributed by atoms with E-state index in [4.69, 9.17) is 9.47 Å². The van der Waals surface area contributed by atoms with Crippen molar-refractivity contribution in [3.05, 3.63) is 57.6 Å². The summed E-state index contributed by atoms with van der Waals surface area (Å²) in [5, 5.41) is 13.6. The van der Waals surface area contributed by atoms with Gasteiger partial charge >= 0.3 is 11.7 Å². The van der Waals surface area contributed by atoms with Gasteiger partial charge in [-0.2, -0.15) is 0 Å². The molecule has 0 unspecified atom stereocenters. The molecule has 10 heteroatoms. The number of methoxy groups -OCH3 is 2. The molecule has 28 heavy (non-hydrogen) atoms. The molecule has 0 aliphatic carbocycles. The molecule has 0 aliphatic rings. The molecule has 0 radical (unpaired) electrons. The molecule has 9 nitrogen and oxygen atoms in total. The SMILES string of the molecule is COC(=O)c1nc(-c2cccs2)nc(N(C)c2ccc(OC)cc2)c1[N+](=O)[O-]. The fraction of sp³-hybridized carbons (Fsp3) is 0.167. The van der Waals surface area contributed by atoms with Gasteiger partial charge in [0.25, 0.3) is 0 Å². The number of esters is 1. The van der Waals surface area contributed by atoms with Gasteiger partial charge in [0.1, 0.15) is 5.75 Å². The number of benzene rings is 1. The van der Waals surface area contributed by atoms with Gasteiger partial charge in [-0.1, -0.05) is 6.07 Å². The molecular weight excluding hydrogens is 384 g/mol. The Balaban J connectivity index is 2.22. The summed E-state index contributed by atoms with van der Waals surface area (Å²) in [6.45, 7) is 0. The highest BCUT2D eigenvalue weighted by atomic mass is 32.1. The molecule has 144 valence electrons. The molecule has 3 aromatic rings. The summed E-state index contributed by atoms with van der Waals surface area (Å²) in [6, 6.07) is 10.5. The summed E-state index contributed by atoms with van der Waals surface area (Å²) in [5.41, 5.74) is -0.303. The molecule has 0 spiro atoms. The van der Waals surface area contributed by atoms with Crippen molar-refractivity contribution in [1.82, 2.24) is 9.97 Å². The zero-order valence-corrected chi connectivity index (χ0v) is 16.1. The smallest absolute Gasteiger partial charge is 0.364 e. The molecule has 0 fully saturated rings. The lowest BCUT2D eigenvalue weighted by Crippen LogP contribution is -2.18. The Morgan fingerprint density at radius 1 is 1.18 bits per heavy atom. The molecule has 0 N–H and O–H groups in total. The van der Waals surface area contributed by atoms with Crippen LogP contribution in [0.2, 0.25) is 0 Å². The second-order valence-corrected chi connectivity index (χ2v) is 6.50. The van der Waals surface area contributed by atoms with E-state index in [2.05, 4.69) is 9.97 Å². The Kier molecular flexibility index (Phi) is 5.50. The van der Waals surface area contributed by atoms with Gasteiger partial charge in [0.05, 0.1) is 24.0 Å². The number of carbonyl (C=O) groups is 1. The number of thiophene rings is 1. The van der Waals surface area contributed by atoms with Crippen LogP contribution in [0.25, 0.3) is 10.7 Å². The number of nitrogens with zero attached hydrogens (tertiary/aromatic N) is 4. The molecule has 2 aromatic heterocycles. The van der Waals surface area contributed by atoms with Crippen LogP contribution in [-0.4, -0.2) is 42.1 Å². The maximum absolute atomic E-state index is 12.2. The Morgan fingerprint density at radius 3 is 2.43 bits per heavy atom. The zero-order valence-electron chi connectivity index (χ0n) is 15.3. The molecule has 0 aliphatic heterocycles. The fourth-order valence-electron chi connectivity index (χ4n) is 2.53. The summed E-state index contributed by atoms with van der Waals surface area (Å²) in [7, 11) is 4.31. The van der Waals surface area contributed by atoms with Crippen LogP contribution in [0.15, 0.2) is 41.8 Å². The minimum absolute atomic E-state index is 0.0195. The van der Waals surface area contributed by atoms with Crippen LogP contribution in [-0.2, 0) is 4.74 Å². The number of ether oxygens (including phenoxy) is 2. The Morgan fingerprint density at radius 2 is 1.89 bits per heavy atom.